The smallest absolute Gasteiger partial charge is 0.294 e. The lowest BCUT2D eigenvalue weighted by Crippen LogP contribution is -2.05. The molecule has 0 unspecified atom stereocenters. The number of nitrogens with zero attached hydrogens (tertiary/aromatic N) is 2. The lowest BCUT2D eigenvalue weighted by Gasteiger charge is -1.98. The second-order valence-electron chi connectivity index (χ2n) is 4.32. The van der Waals surface area contributed by atoms with Crippen LogP contribution in [0.5, 0.6) is 0 Å². The van der Waals surface area contributed by atoms with Crippen LogP contribution in [0.15, 0.2) is 41.6 Å². The molecule has 0 fully saturated rings. The van der Waals surface area contributed by atoms with Gasteiger partial charge >= 0.3 is 0 Å². The zero-order valence-corrected chi connectivity index (χ0v) is 12.0. The van der Waals surface area contributed by atoms with E-state index in [0.29, 0.717) is 0 Å². The molecule has 108 valence electrons. The van der Waals surface area contributed by atoms with Crippen molar-refractivity contribution in [2.24, 2.45) is 0 Å². The third-order valence-corrected chi connectivity index (χ3v) is 3.87. The molecule has 0 amide bonds. The average molecular weight is 295 g/mol. The number of nitrogens with one attached hydrogen (secondary N) is 1. The molecule has 6 nitrogen and oxygen atoms in total. The Hall–Kier alpha value is -1.70. The van der Waals surface area contributed by atoms with Gasteiger partial charge in [-0.15, -0.1) is 0 Å². The van der Waals surface area contributed by atoms with E-state index in [9.17, 15) is 8.42 Å². The van der Waals surface area contributed by atoms with Crippen molar-refractivity contribution in [3.05, 3.63) is 48.0 Å². The van der Waals surface area contributed by atoms with Gasteiger partial charge in [-0.1, -0.05) is 18.2 Å². The summed E-state index contributed by atoms with van der Waals surface area (Å²) < 4.78 is 31.4. The summed E-state index contributed by atoms with van der Waals surface area (Å²) in [7, 11) is -4.00. The Morgan fingerprint density at radius 2 is 2.00 bits per heavy atom. The normalized spacial score (nSPS) is 13.5. The molecular formula is C13H17N3O3S. The minimum absolute atomic E-state index is 0.0741. The molecule has 0 spiro atoms. The van der Waals surface area contributed by atoms with Crippen LogP contribution in [0.3, 0.4) is 0 Å². The first-order chi connectivity index (χ1) is 9.52. The van der Waals surface area contributed by atoms with Gasteiger partial charge in [-0.2, -0.15) is 8.42 Å². The molecule has 2 heterocycles. The van der Waals surface area contributed by atoms with Crippen molar-refractivity contribution in [3.63, 3.8) is 0 Å². The first kappa shape index (κ1) is 14.7. The van der Waals surface area contributed by atoms with E-state index in [2.05, 4.69) is 21.8 Å². The van der Waals surface area contributed by atoms with Gasteiger partial charge in [0.05, 0.1) is 22.6 Å². The molecule has 20 heavy (non-hydrogen) atoms. The minimum atomic E-state index is -4.00. The van der Waals surface area contributed by atoms with E-state index in [1.165, 1.54) is 23.5 Å². The Morgan fingerprint density at radius 3 is 2.55 bits per heavy atom. The first-order valence-corrected chi connectivity index (χ1v) is 7.72. The number of hydrogen-bond donors (Lipinski definition) is 2. The van der Waals surface area contributed by atoms with Crippen molar-refractivity contribution in [3.8, 4) is 0 Å². The van der Waals surface area contributed by atoms with Crippen molar-refractivity contribution in [2.75, 3.05) is 0 Å². The number of aromatic nitrogens is 2. The zero-order valence-electron chi connectivity index (χ0n) is 11.2. The quantitative estimate of drug-likeness (QED) is 0.819. The Balaban J connectivity index is 0.000000147. The maximum atomic E-state index is 10.4. The third-order valence-electron chi connectivity index (χ3n) is 3.00. The Labute approximate surface area is 118 Å². The second-order valence-corrected chi connectivity index (χ2v) is 5.74. The van der Waals surface area contributed by atoms with E-state index >= 15 is 0 Å². The van der Waals surface area contributed by atoms with Crippen LogP contribution >= 0.6 is 0 Å². The lowest BCUT2D eigenvalue weighted by atomic mass is 10.4. The van der Waals surface area contributed by atoms with Crippen LogP contribution in [0.4, 0.5) is 0 Å². The molecule has 3 rings (SSSR count). The van der Waals surface area contributed by atoms with Crippen LogP contribution in [-0.4, -0.2) is 22.5 Å². The van der Waals surface area contributed by atoms with Crippen LogP contribution in [0.25, 0.3) is 0 Å². The molecule has 0 saturated carbocycles. The van der Waals surface area contributed by atoms with Gasteiger partial charge in [0.25, 0.3) is 10.1 Å². The fraction of sp³-hybridized carbons (Fsp3) is 0.308. The topological polar surface area (TPSA) is 84.2 Å². The summed E-state index contributed by atoms with van der Waals surface area (Å²) in [6, 6.07) is 7.42. The van der Waals surface area contributed by atoms with Gasteiger partial charge in [-0.05, 0) is 19.1 Å². The number of hydrogen-bond acceptors (Lipinski definition) is 4. The Bertz CT molecular complexity index is 665. The SMILES string of the molecule is CCn1cnc2c1CNC2.O=S(=O)(O)c1ccccc1. The molecule has 1 aromatic heterocycles. The summed E-state index contributed by atoms with van der Waals surface area (Å²) in [4.78, 5) is 4.19. The zero-order chi connectivity index (χ0) is 14.6. The minimum Gasteiger partial charge on any atom is -0.333 e. The summed E-state index contributed by atoms with van der Waals surface area (Å²) in [6.45, 7) is 5.11. The molecule has 2 N–H and O–H groups in total. The van der Waals surface area contributed by atoms with Crippen LogP contribution < -0.4 is 5.32 Å². The number of rotatable bonds is 2. The predicted octanol–water partition coefficient (Wildman–Crippen LogP) is 1.44. The molecule has 0 aliphatic carbocycles. The van der Waals surface area contributed by atoms with E-state index in [1.807, 2.05) is 6.33 Å². The van der Waals surface area contributed by atoms with Crippen LogP contribution in [-0.2, 0) is 29.8 Å². The average Bonchev–Trinajstić information content (AvgIpc) is 3.02. The van der Waals surface area contributed by atoms with Crippen molar-refractivity contribution in [1.82, 2.24) is 14.9 Å². The van der Waals surface area contributed by atoms with Crippen molar-refractivity contribution < 1.29 is 13.0 Å². The highest BCUT2D eigenvalue weighted by Gasteiger charge is 2.14. The number of fused-ring (bicyclic) bond motifs is 1. The molecule has 1 aliphatic heterocycles. The summed E-state index contributed by atoms with van der Waals surface area (Å²) in [5.74, 6) is 0. The maximum Gasteiger partial charge on any atom is 0.294 e. The van der Waals surface area contributed by atoms with E-state index < -0.39 is 10.1 Å². The second kappa shape index (κ2) is 6.17. The Kier molecular flexibility index (Phi) is 4.53. The molecule has 0 atom stereocenters. The third kappa shape index (κ3) is 3.44. The standard InChI is InChI=1S/C7H11N3.C6H6O3S/c1-2-10-5-9-6-3-8-4-7(6)10;7-10(8,9)6-4-2-1-3-5-6/h5,8H,2-4H2,1H3;1-5H,(H,7,8,9). The van der Waals surface area contributed by atoms with Gasteiger partial charge in [0.1, 0.15) is 0 Å². The lowest BCUT2D eigenvalue weighted by molar-refractivity contribution is 0.483. The highest BCUT2D eigenvalue weighted by atomic mass is 32.2. The Morgan fingerprint density at radius 1 is 1.30 bits per heavy atom. The summed E-state index contributed by atoms with van der Waals surface area (Å²) in [5, 5.41) is 3.26. The van der Waals surface area contributed by atoms with Gasteiger partial charge in [0.15, 0.2) is 0 Å². The maximum absolute atomic E-state index is 10.4. The van der Waals surface area contributed by atoms with Gasteiger partial charge in [0.2, 0.25) is 0 Å². The van der Waals surface area contributed by atoms with E-state index in [4.69, 9.17) is 4.55 Å². The van der Waals surface area contributed by atoms with Crippen LogP contribution in [0.2, 0.25) is 0 Å². The monoisotopic (exact) mass is 295 g/mol. The highest BCUT2D eigenvalue weighted by molar-refractivity contribution is 7.85. The molecule has 1 aliphatic rings. The molecule has 0 saturated heterocycles. The van der Waals surface area contributed by atoms with E-state index in [0.717, 1.165) is 19.6 Å². The molecule has 2 aromatic rings. The van der Waals surface area contributed by atoms with E-state index in [1.54, 1.807) is 18.2 Å². The van der Waals surface area contributed by atoms with Crippen molar-refractivity contribution in [2.45, 2.75) is 31.5 Å². The largest absolute Gasteiger partial charge is 0.333 e. The fourth-order valence-electron chi connectivity index (χ4n) is 1.96. The molecule has 1 aromatic carbocycles. The molecular weight excluding hydrogens is 278 g/mol. The first-order valence-electron chi connectivity index (χ1n) is 6.28. The number of aryl methyl sites for hydroxylation is 1. The highest BCUT2D eigenvalue weighted by Crippen LogP contribution is 2.12. The number of benzene rings is 1. The molecule has 0 radical (unpaired) electrons. The predicted molar refractivity (Wildman–Crippen MR) is 74.7 cm³/mol. The summed E-state index contributed by atoms with van der Waals surface area (Å²) in [6.07, 6.45) is 1.92. The summed E-state index contributed by atoms with van der Waals surface area (Å²) in [5.41, 5.74) is 2.59. The van der Waals surface area contributed by atoms with Crippen molar-refractivity contribution >= 4 is 10.1 Å². The molecule has 0 bridgehead atoms. The van der Waals surface area contributed by atoms with Crippen LogP contribution in [0, 0.1) is 0 Å². The van der Waals surface area contributed by atoms with E-state index in [-0.39, 0.29) is 4.90 Å². The number of imidazole rings is 1. The fourth-order valence-corrected chi connectivity index (χ4v) is 2.47. The van der Waals surface area contributed by atoms with Crippen LogP contribution in [0.1, 0.15) is 18.3 Å². The van der Waals surface area contributed by atoms with Crippen molar-refractivity contribution in [1.29, 1.82) is 0 Å². The van der Waals surface area contributed by atoms with Gasteiger partial charge in [-0.3, -0.25) is 4.55 Å². The van der Waals surface area contributed by atoms with Gasteiger partial charge < -0.3 is 9.88 Å². The van der Waals surface area contributed by atoms with Gasteiger partial charge in [-0.25, -0.2) is 4.98 Å². The van der Waals surface area contributed by atoms with Gasteiger partial charge in [0, 0.05) is 19.6 Å². The summed E-state index contributed by atoms with van der Waals surface area (Å²) >= 11 is 0. The molecule has 7 heteroatoms.